The molecule has 0 aliphatic carbocycles. The van der Waals surface area contributed by atoms with Crippen molar-refractivity contribution < 1.29 is 0 Å². The first-order valence-corrected chi connectivity index (χ1v) is 7.02. The molecule has 4 nitrogen and oxygen atoms in total. The largest absolute Gasteiger partial charge is 0.383 e. The van der Waals surface area contributed by atoms with Crippen molar-refractivity contribution in [3.8, 4) is 22.4 Å². The van der Waals surface area contributed by atoms with E-state index >= 15 is 0 Å². The first-order valence-electron chi connectivity index (χ1n) is 6.27. The minimum Gasteiger partial charge on any atom is -0.383 e. The second-order valence-corrected chi connectivity index (χ2v) is 5.39. The SMILES string of the molecule is Cn1nc(-c2cccnc2)c(-c2c(Cl)cccc2Cl)c1N. The van der Waals surface area contributed by atoms with Crippen molar-refractivity contribution in [2.45, 2.75) is 0 Å². The number of anilines is 1. The van der Waals surface area contributed by atoms with Crippen LogP contribution in [0.25, 0.3) is 22.4 Å². The molecule has 0 bridgehead atoms. The molecule has 21 heavy (non-hydrogen) atoms. The van der Waals surface area contributed by atoms with Crippen LogP contribution >= 0.6 is 23.2 Å². The number of pyridine rings is 1. The van der Waals surface area contributed by atoms with Gasteiger partial charge in [-0.2, -0.15) is 5.10 Å². The maximum absolute atomic E-state index is 6.31. The second kappa shape index (κ2) is 5.39. The number of nitrogens with two attached hydrogens (primary N) is 1. The van der Waals surface area contributed by atoms with Crippen molar-refractivity contribution in [2.75, 3.05) is 5.73 Å². The highest BCUT2D eigenvalue weighted by Gasteiger charge is 2.21. The molecule has 6 heteroatoms. The molecule has 2 N–H and O–H groups in total. The second-order valence-electron chi connectivity index (χ2n) is 4.57. The van der Waals surface area contributed by atoms with Crippen LogP contribution in [-0.2, 0) is 7.05 Å². The first-order chi connectivity index (χ1) is 10.1. The van der Waals surface area contributed by atoms with Gasteiger partial charge >= 0.3 is 0 Å². The Bertz CT molecular complexity index is 777. The molecule has 2 heterocycles. The topological polar surface area (TPSA) is 56.7 Å². The predicted octanol–water partition coefficient (Wildman–Crippen LogP) is 4.04. The normalized spacial score (nSPS) is 10.8. The quantitative estimate of drug-likeness (QED) is 0.775. The van der Waals surface area contributed by atoms with Gasteiger partial charge in [-0.05, 0) is 24.3 Å². The number of nitrogen functional groups attached to an aromatic ring is 1. The van der Waals surface area contributed by atoms with Crippen molar-refractivity contribution >= 4 is 29.0 Å². The lowest BCUT2D eigenvalue weighted by molar-refractivity contribution is 0.782. The fourth-order valence-corrected chi connectivity index (χ4v) is 2.81. The van der Waals surface area contributed by atoms with E-state index in [1.54, 1.807) is 42.3 Å². The lowest BCUT2D eigenvalue weighted by Crippen LogP contribution is -1.98. The van der Waals surface area contributed by atoms with Gasteiger partial charge in [0.2, 0.25) is 0 Å². The third kappa shape index (κ3) is 2.37. The fourth-order valence-electron chi connectivity index (χ4n) is 2.23. The van der Waals surface area contributed by atoms with Gasteiger partial charge in [-0.15, -0.1) is 0 Å². The van der Waals surface area contributed by atoms with Gasteiger partial charge in [0, 0.05) is 30.6 Å². The maximum Gasteiger partial charge on any atom is 0.130 e. The molecule has 0 spiro atoms. The molecule has 1 aromatic carbocycles. The third-order valence-corrected chi connectivity index (χ3v) is 3.87. The monoisotopic (exact) mass is 318 g/mol. The Morgan fingerprint density at radius 1 is 1.05 bits per heavy atom. The van der Waals surface area contributed by atoms with E-state index in [1.165, 1.54) is 0 Å². The highest BCUT2D eigenvalue weighted by molar-refractivity contribution is 6.39. The Balaban J connectivity index is 2.33. The van der Waals surface area contributed by atoms with Crippen LogP contribution in [0.2, 0.25) is 10.0 Å². The molecular formula is C15H12Cl2N4. The van der Waals surface area contributed by atoms with Gasteiger partial charge in [-0.25, -0.2) is 0 Å². The molecule has 0 radical (unpaired) electrons. The molecule has 0 amide bonds. The number of benzene rings is 1. The molecule has 2 aromatic heterocycles. The van der Waals surface area contributed by atoms with Crippen molar-refractivity contribution in [3.05, 3.63) is 52.8 Å². The molecule has 0 aliphatic heterocycles. The highest BCUT2D eigenvalue weighted by atomic mass is 35.5. The summed E-state index contributed by atoms with van der Waals surface area (Å²) < 4.78 is 1.61. The highest BCUT2D eigenvalue weighted by Crippen LogP contribution is 2.42. The molecule has 3 rings (SSSR count). The number of halogens is 2. The van der Waals surface area contributed by atoms with Gasteiger partial charge in [0.1, 0.15) is 11.5 Å². The van der Waals surface area contributed by atoms with Crippen molar-refractivity contribution in [1.82, 2.24) is 14.8 Å². The van der Waals surface area contributed by atoms with Crippen LogP contribution in [0.15, 0.2) is 42.7 Å². The standard InChI is InChI=1S/C15H12Cl2N4/c1-21-15(18)13(12-10(16)5-2-6-11(12)17)14(20-21)9-4-3-7-19-8-9/h2-8H,18H2,1H3. The van der Waals surface area contributed by atoms with Crippen LogP contribution in [0.3, 0.4) is 0 Å². The zero-order valence-corrected chi connectivity index (χ0v) is 12.7. The number of rotatable bonds is 2. The first kappa shape index (κ1) is 13.9. The number of nitrogens with zero attached hydrogens (tertiary/aromatic N) is 3. The lowest BCUT2D eigenvalue weighted by Gasteiger charge is -2.08. The van der Waals surface area contributed by atoms with Crippen molar-refractivity contribution in [3.63, 3.8) is 0 Å². The molecule has 106 valence electrons. The van der Waals surface area contributed by atoms with E-state index in [0.717, 1.165) is 11.1 Å². The molecule has 0 saturated heterocycles. The summed E-state index contributed by atoms with van der Waals surface area (Å²) >= 11 is 12.6. The van der Waals surface area contributed by atoms with Crippen molar-refractivity contribution in [2.24, 2.45) is 7.05 Å². The van der Waals surface area contributed by atoms with Crippen LogP contribution in [0.5, 0.6) is 0 Å². The van der Waals surface area contributed by atoms with Gasteiger partial charge in [-0.1, -0.05) is 29.3 Å². The number of hydrogen-bond donors (Lipinski definition) is 1. The summed E-state index contributed by atoms with van der Waals surface area (Å²) in [6.07, 6.45) is 3.44. The summed E-state index contributed by atoms with van der Waals surface area (Å²) in [6.45, 7) is 0. The Kier molecular flexibility index (Phi) is 3.57. The van der Waals surface area contributed by atoms with E-state index in [4.69, 9.17) is 28.9 Å². The van der Waals surface area contributed by atoms with Crippen LogP contribution in [0.1, 0.15) is 0 Å². The van der Waals surface area contributed by atoms with E-state index in [0.29, 0.717) is 27.1 Å². The van der Waals surface area contributed by atoms with E-state index in [1.807, 2.05) is 12.1 Å². The summed E-state index contributed by atoms with van der Waals surface area (Å²) in [5.41, 5.74) is 9.15. The average Bonchev–Trinajstić information content (AvgIpc) is 2.77. The van der Waals surface area contributed by atoms with Crippen LogP contribution < -0.4 is 5.73 Å². The van der Waals surface area contributed by atoms with Gasteiger partial charge < -0.3 is 5.73 Å². The predicted molar refractivity (Wildman–Crippen MR) is 86.3 cm³/mol. The van der Waals surface area contributed by atoms with Gasteiger partial charge in [0.25, 0.3) is 0 Å². The lowest BCUT2D eigenvalue weighted by atomic mass is 10.0. The summed E-state index contributed by atoms with van der Waals surface area (Å²) in [7, 11) is 1.78. The zero-order valence-electron chi connectivity index (χ0n) is 11.2. The van der Waals surface area contributed by atoms with E-state index in [9.17, 15) is 0 Å². The molecule has 0 saturated carbocycles. The van der Waals surface area contributed by atoms with E-state index in [-0.39, 0.29) is 0 Å². The number of aryl methyl sites for hydroxylation is 1. The molecule has 0 atom stereocenters. The Hall–Kier alpha value is -2.04. The van der Waals surface area contributed by atoms with Crippen molar-refractivity contribution in [1.29, 1.82) is 0 Å². The van der Waals surface area contributed by atoms with E-state index in [2.05, 4.69) is 10.1 Å². The molecule has 3 aromatic rings. The number of aromatic nitrogens is 3. The van der Waals surface area contributed by atoms with Crippen LogP contribution in [0, 0.1) is 0 Å². The summed E-state index contributed by atoms with van der Waals surface area (Å²) in [5.74, 6) is 0.504. The average molecular weight is 319 g/mol. The summed E-state index contributed by atoms with van der Waals surface area (Å²) in [6, 6.07) is 9.12. The smallest absolute Gasteiger partial charge is 0.130 e. The molecular weight excluding hydrogens is 307 g/mol. The van der Waals surface area contributed by atoms with Gasteiger partial charge in [0.15, 0.2) is 0 Å². The summed E-state index contributed by atoms with van der Waals surface area (Å²) in [5, 5.41) is 5.54. The minimum atomic E-state index is 0.504. The maximum atomic E-state index is 6.31. The van der Waals surface area contributed by atoms with Crippen LogP contribution in [-0.4, -0.2) is 14.8 Å². The van der Waals surface area contributed by atoms with Crippen LogP contribution in [0.4, 0.5) is 5.82 Å². The Morgan fingerprint density at radius 2 is 1.76 bits per heavy atom. The third-order valence-electron chi connectivity index (χ3n) is 3.24. The van der Waals surface area contributed by atoms with E-state index < -0.39 is 0 Å². The van der Waals surface area contributed by atoms with Gasteiger partial charge in [0.05, 0.1) is 15.6 Å². The summed E-state index contributed by atoms with van der Waals surface area (Å²) in [4.78, 5) is 4.12. The molecule has 0 fully saturated rings. The Morgan fingerprint density at radius 3 is 2.38 bits per heavy atom. The molecule has 0 unspecified atom stereocenters. The number of hydrogen-bond acceptors (Lipinski definition) is 3. The van der Waals surface area contributed by atoms with Gasteiger partial charge in [-0.3, -0.25) is 9.67 Å². The Labute approximate surface area is 132 Å². The zero-order chi connectivity index (χ0) is 15.0. The fraction of sp³-hybridized carbons (Fsp3) is 0.0667. The molecule has 0 aliphatic rings. The minimum absolute atomic E-state index is 0.504.